The van der Waals surface area contributed by atoms with Gasteiger partial charge in [-0.2, -0.15) is 16.3 Å². The lowest BCUT2D eigenvalue weighted by Crippen LogP contribution is -2.38. The van der Waals surface area contributed by atoms with Gasteiger partial charge in [0.2, 0.25) is 17.6 Å². The Morgan fingerprint density at radius 3 is 3.00 bits per heavy atom. The molecule has 8 heteroatoms. The van der Waals surface area contributed by atoms with Crippen molar-refractivity contribution in [2.24, 2.45) is 0 Å². The first kappa shape index (κ1) is 18.4. The Labute approximate surface area is 176 Å². The van der Waals surface area contributed by atoms with Gasteiger partial charge in [-0.1, -0.05) is 17.3 Å². The third-order valence-corrected chi connectivity index (χ3v) is 7.04. The second-order valence-electron chi connectivity index (χ2n) is 7.14. The SMILES string of the molecule is O=C(CCc1nc(-c2ccsc2)no1)N1CCCCC1c1nc2ccccc2s1. The Morgan fingerprint density at radius 2 is 2.14 bits per heavy atom. The van der Waals surface area contributed by atoms with Crippen LogP contribution in [0.1, 0.15) is 42.6 Å². The fraction of sp³-hybridized carbons (Fsp3) is 0.333. The molecule has 1 fully saturated rings. The molecular weight excluding hydrogens is 404 g/mol. The minimum atomic E-state index is 0.0673. The molecule has 1 unspecified atom stereocenters. The van der Waals surface area contributed by atoms with E-state index in [0.717, 1.165) is 41.9 Å². The van der Waals surface area contributed by atoms with Gasteiger partial charge in [0.05, 0.1) is 16.3 Å². The summed E-state index contributed by atoms with van der Waals surface area (Å²) in [6.45, 7) is 0.781. The average Bonchev–Trinajstić information content (AvgIpc) is 3.52. The van der Waals surface area contributed by atoms with E-state index in [1.807, 2.05) is 39.9 Å². The lowest BCUT2D eigenvalue weighted by Gasteiger charge is -2.34. The van der Waals surface area contributed by atoms with Crippen molar-refractivity contribution in [3.63, 3.8) is 0 Å². The number of amides is 1. The van der Waals surface area contributed by atoms with Crippen molar-refractivity contribution >= 4 is 38.8 Å². The van der Waals surface area contributed by atoms with Crippen LogP contribution in [0.15, 0.2) is 45.6 Å². The van der Waals surface area contributed by atoms with Crippen molar-refractivity contribution in [1.29, 1.82) is 0 Å². The molecule has 3 aromatic heterocycles. The van der Waals surface area contributed by atoms with Gasteiger partial charge in [-0.3, -0.25) is 4.79 Å². The van der Waals surface area contributed by atoms with E-state index in [1.54, 1.807) is 22.7 Å². The van der Waals surface area contributed by atoms with Gasteiger partial charge in [0, 0.05) is 30.3 Å². The largest absolute Gasteiger partial charge is 0.339 e. The molecule has 4 heterocycles. The molecule has 0 N–H and O–H groups in total. The number of para-hydroxylation sites is 1. The molecule has 0 bridgehead atoms. The van der Waals surface area contributed by atoms with Crippen molar-refractivity contribution < 1.29 is 9.32 Å². The van der Waals surface area contributed by atoms with Gasteiger partial charge in [0.1, 0.15) is 5.01 Å². The molecule has 4 aromatic rings. The van der Waals surface area contributed by atoms with E-state index < -0.39 is 0 Å². The number of nitrogens with zero attached hydrogens (tertiary/aromatic N) is 4. The second kappa shape index (κ2) is 8.04. The molecule has 0 radical (unpaired) electrons. The first-order chi connectivity index (χ1) is 14.3. The Balaban J connectivity index is 1.28. The highest BCUT2D eigenvalue weighted by Crippen LogP contribution is 2.36. The predicted octanol–water partition coefficient (Wildman–Crippen LogP) is 5.09. The zero-order valence-electron chi connectivity index (χ0n) is 15.8. The molecule has 1 atom stereocenters. The molecule has 1 aliphatic heterocycles. The molecule has 1 amide bonds. The molecule has 6 nitrogen and oxygen atoms in total. The normalized spacial score (nSPS) is 17.1. The maximum Gasteiger partial charge on any atom is 0.227 e. The minimum absolute atomic E-state index is 0.0673. The number of hydrogen-bond donors (Lipinski definition) is 0. The van der Waals surface area contributed by atoms with E-state index in [2.05, 4.69) is 16.2 Å². The number of likely N-dealkylation sites (tertiary alicyclic amines) is 1. The molecular formula is C21H20N4O2S2. The summed E-state index contributed by atoms with van der Waals surface area (Å²) in [6, 6.07) is 10.2. The Bertz CT molecular complexity index is 1090. The van der Waals surface area contributed by atoms with Gasteiger partial charge in [-0.05, 0) is 42.8 Å². The summed E-state index contributed by atoms with van der Waals surface area (Å²) in [4.78, 5) is 24.2. The van der Waals surface area contributed by atoms with Gasteiger partial charge in [-0.25, -0.2) is 4.98 Å². The quantitative estimate of drug-likeness (QED) is 0.446. The molecule has 1 aromatic carbocycles. The molecule has 1 saturated heterocycles. The van der Waals surface area contributed by atoms with Crippen molar-refractivity contribution in [3.8, 4) is 11.4 Å². The van der Waals surface area contributed by atoms with Crippen LogP contribution in [-0.2, 0) is 11.2 Å². The molecule has 29 heavy (non-hydrogen) atoms. The van der Waals surface area contributed by atoms with Gasteiger partial charge in [0.25, 0.3) is 0 Å². The number of hydrogen-bond acceptors (Lipinski definition) is 7. The Hall–Kier alpha value is -2.58. The van der Waals surface area contributed by atoms with Crippen molar-refractivity contribution in [2.45, 2.75) is 38.1 Å². The van der Waals surface area contributed by atoms with Crippen LogP contribution in [0, 0.1) is 0 Å². The standard InChI is InChI=1S/C21H20N4O2S2/c26-19(9-8-18-23-20(24-27-18)14-10-12-28-13-14)25-11-4-3-6-16(25)21-22-15-5-1-2-7-17(15)29-21/h1-2,5,7,10,12-13,16H,3-4,6,8-9,11H2. The number of aromatic nitrogens is 3. The lowest BCUT2D eigenvalue weighted by molar-refractivity contribution is -0.135. The molecule has 1 aliphatic rings. The molecule has 0 spiro atoms. The lowest BCUT2D eigenvalue weighted by atomic mass is 10.0. The Kier molecular flexibility index (Phi) is 5.12. The highest BCUT2D eigenvalue weighted by Gasteiger charge is 2.30. The van der Waals surface area contributed by atoms with Crippen LogP contribution in [-0.4, -0.2) is 32.5 Å². The van der Waals surface area contributed by atoms with E-state index in [-0.39, 0.29) is 11.9 Å². The summed E-state index contributed by atoms with van der Waals surface area (Å²) in [6.07, 6.45) is 3.95. The number of aryl methyl sites for hydroxylation is 1. The van der Waals surface area contributed by atoms with Gasteiger partial charge >= 0.3 is 0 Å². The van der Waals surface area contributed by atoms with Crippen molar-refractivity contribution in [1.82, 2.24) is 20.0 Å². The van der Waals surface area contributed by atoms with E-state index in [9.17, 15) is 4.79 Å². The molecule has 5 rings (SSSR count). The summed E-state index contributed by atoms with van der Waals surface area (Å²) in [7, 11) is 0. The fourth-order valence-electron chi connectivity index (χ4n) is 3.74. The number of carbonyl (C=O) groups is 1. The topological polar surface area (TPSA) is 72.1 Å². The number of thiazole rings is 1. The third-order valence-electron chi connectivity index (χ3n) is 5.22. The zero-order chi connectivity index (χ0) is 19.6. The summed E-state index contributed by atoms with van der Waals surface area (Å²) >= 11 is 3.29. The van der Waals surface area contributed by atoms with Crippen LogP contribution in [0.5, 0.6) is 0 Å². The van der Waals surface area contributed by atoms with Crippen LogP contribution in [0.25, 0.3) is 21.6 Å². The smallest absolute Gasteiger partial charge is 0.227 e. The maximum absolute atomic E-state index is 13.0. The van der Waals surface area contributed by atoms with Gasteiger partial charge in [0.15, 0.2) is 0 Å². The van der Waals surface area contributed by atoms with E-state index in [0.29, 0.717) is 24.6 Å². The molecule has 0 saturated carbocycles. The summed E-state index contributed by atoms with van der Waals surface area (Å²) in [5, 5.41) is 9.02. The summed E-state index contributed by atoms with van der Waals surface area (Å²) < 4.78 is 6.51. The van der Waals surface area contributed by atoms with E-state index >= 15 is 0 Å². The summed E-state index contributed by atoms with van der Waals surface area (Å²) in [5.74, 6) is 1.22. The average molecular weight is 425 g/mol. The van der Waals surface area contributed by atoms with Crippen LogP contribution >= 0.6 is 22.7 Å². The van der Waals surface area contributed by atoms with Crippen LogP contribution in [0.3, 0.4) is 0 Å². The number of fused-ring (bicyclic) bond motifs is 1. The number of rotatable bonds is 5. The third kappa shape index (κ3) is 3.82. The van der Waals surface area contributed by atoms with Gasteiger partial charge in [-0.15, -0.1) is 11.3 Å². The zero-order valence-corrected chi connectivity index (χ0v) is 17.4. The Morgan fingerprint density at radius 1 is 1.21 bits per heavy atom. The van der Waals surface area contributed by atoms with Crippen molar-refractivity contribution in [2.75, 3.05) is 6.54 Å². The number of carbonyl (C=O) groups excluding carboxylic acids is 1. The van der Waals surface area contributed by atoms with Crippen molar-refractivity contribution in [3.05, 3.63) is 52.0 Å². The second-order valence-corrected chi connectivity index (χ2v) is 8.98. The number of thiophene rings is 1. The fourth-order valence-corrected chi connectivity index (χ4v) is 5.49. The van der Waals surface area contributed by atoms with Gasteiger partial charge < -0.3 is 9.42 Å². The van der Waals surface area contributed by atoms with Crippen LogP contribution in [0.4, 0.5) is 0 Å². The first-order valence-electron chi connectivity index (χ1n) is 9.78. The van der Waals surface area contributed by atoms with Crippen LogP contribution < -0.4 is 0 Å². The monoisotopic (exact) mass is 424 g/mol. The maximum atomic E-state index is 13.0. The first-order valence-corrected chi connectivity index (χ1v) is 11.5. The summed E-state index contributed by atoms with van der Waals surface area (Å²) in [5.41, 5.74) is 1.96. The van der Waals surface area contributed by atoms with Crippen LogP contribution in [0.2, 0.25) is 0 Å². The number of piperidine rings is 1. The highest BCUT2D eigenvalue weighted by atomic mass is 32.1. The number of benzene rings is 1. The van der Waals surface area contributed by atoms with E-state index in [4.69, 9.17) is 9.51 Å². The minimum Gasteiger partial charge on any atom is -0.339 e. The molecule has 0 aliphatic carbocycles. The highest BCUT2D eigenvalue weighted by molar-refractivity contribution is 7.18. The van der Waals surface area contributed by atoms with E-state index in [1.165, 1.54) is 4.70 Å². The molecule has 148 valence electrons. The predicted molar refractivity (Wildman–Crippen MR) is 114 cm³/mol.